The Bertz CT molecular complexity index is 1290. The minimum Gasteiger partial charge on any atom is -0.325 e. The second-order valence-corrected chi connectivity index (χ2v) is 10.1. The molecule has 0 aliphatic rings. The normalized spacial score (nSPS) is 10.9. The Morgan fingerprint density at radius 3 is 2.53 bits per heavy atom. The fourth-order valence-electron chi connectivity index (χ4n) is 3.74. The SMILES string of the molecule is C=CCn1c(SCC(=O)Nc2ccc(CC)cc2)nnc1-c1csc(C)c1-c1ccc(C)cc1. The van der Waals surface area contributed by atoms with E-state index in [0.717, 1.165) is 29.1 Å². The van der Waals surface area contributed by atoms with Gasteiger partial charge in [-0.25, -0.2) is 0 Å². The summed E-state index contributed by atoms with van der Waals surface area (Å²) in [7, 11) is 0. The number of hydrogen-bond donors (Lipinski definition) is 1. The summed E-state index contributed by atoms with van der Waals surface area (Å²) in [4.78, 5) is 13.8. The fourth-order valence-corrected chi connectivity index (χ4v) is 5.35. The van der Waals surface area contributed by atoms with Crippen LogP contribution in [0.1, 0.15) is 22.9 Å². The number of nitrogens with one attached hydrogen (secondary N) is 1. The second kappa shape index (κ2) is 10.8. The van der Waals surface area contributed by atoms with Gasteiger partial charge >= 0.3 is 0 Å². The third-order valence-electron chi connectivity index (χ3n) is 5.56. The zero-order chi connectivity index (χ0) is 24.1. The van der Waals surface area contributed by atoms with Gasteiger partial charge in [-0.1, -0.05) is 66.7 Å². The fraction of sp³-hybridized carbons (Fsp3) is 0.222. The van der Waals surface area contributed by atoms with Crippen LogP contribution in [0.15, 0.2) is 71.7 Å². The average molecular weight is 489 g/mol. The lowest BCUT2D eigenvalue weighted by Crippen LogP contribution is -2.14. The Balaban J connectivity index is 1.55. The molecule has 0 unspecified atom stereocenters. The lowest BCUT2D eigenvalue weighted by Gasteiger charge is -2.10. The maximum absolute atomic E-state index is 12.5. The molecule has 0 saturated carbocycles. The highest BCUT2D eigenvalue weighted by Crippen LogP contribution is 2.39. The van der Waals surface area contributed by atoms with E-state index in [1.807, 2.05) is 34.9 Å². The van der Waals surface area contributed by atoms with E-state index in [2.05, 4.69) is 72.5 Å². The summed E-state index contributed by atoms with van der Waals surface area (Å²) in [5.74, 6) is 0.965. The molecular weight excluding hydrogens is 460 g/mol. The highest BCUT2D eigenvalue weighted by Gasteiger charge is 2.20. The Morgan fingerprint density at radius 2 is 1.85 bits per heavy atom. The number of carbonyl (C=O) groups excluding carboxylic acids is 1. The van der Waals surface area contributed by atoms with Gasteiger partial charge in [0.05, 0.1) is 5.75 Å². The maximum Gasteiger partial charge on any atom is 0.234 e. The molecule has 4 aromatic rings. The summed E-state index contributed by atoms with van der Waals surface area (Å²) in [6.45, 7) is 10.8. The van der Waals surface area contributed by atoms with Crippen molar-refractivity contribution in [2.45, 2.75) is 38.9 Å². The van der Waals surface area contributed by atoms with Crippen molar-refractivity contribution in [2.24, 2.45) is 0 Å². The van der Waals surface area contributed by atoms with Gasteiger partial charge in [-0.15, -0.1) is 28.1 Å². The van der Waals surface area contributed by atoms with Crippen LogP contribution < -0.4 is 5.32 Å². The van der Waals surface area contributed by atoms with Gasteiger partial charge in [0.15, 0.2) is 11.0 Å². The van der Waals surface area contributed by atoms with Crippen molar-refractivity contribution in [3.8, 4) is 22.5 Å². The minimum absolute atomic E-state index is 0.0735. The standard InChI is InChI=1S/C27H28N4OS2/c1-5-15-31-26(23-16-33-19(4)25(23)21-11-7-18(3)8-12-21)29-30-27(31)34-17-24(32)28-22-13-9-20(6-2)10-14-22/h5,7-14,16H,1,6,15,17H2,2-4H3,(H,28,32). The van der Waals surface area contributed by atoms with E-state index < -0.39 is 0 Å². The Kier molecular flexibility index (Phi) is 7.65. The molecule has 0 fully saturated rings. The second-order valence-electron chi connectivity index (χ2n) is 8.04. The van der Waals surface area contributed by atoms with Gasteiger partial charge in [0.2, 0.25) is 5.91 Å². The van der Waals surface area contributed by atoms with Crippen molar-refractivity contribution in [2.75, 3.05) is 11.1 Å². The van der Waals surface area contributed by atoms with Crippen LogP contribution in [0.3, 0.4) is 0 Å². The number of thioether (sulfide) groups is 1. The molecule has 0 aliphatic heterocycles. The molecule has 1 amide bonds. The largest absolute Gasteiger partial charge is 0.325 e. The highest BCUT2D eigenvalue weighted by atomic mass is 32.2. The van der Waals surface area contributed by atoms with Gasteiger partial charge in [-0.2, -0.15) is 0 Å². The smallest absolute Gasteiger partial charge is 0.234 e. The van der Waals surface area contributed by atoms with E-state index >= 15 is 0 Å². The van der Waals surface area contributed by atoms with E-state index in [1.165, 1.54) is 33.3 Å². The summed E-state index contributed by atoms with van der Waals surface area (Å²) in [6, 6.07) is 16.5. The number of carbonyl (C=O) groups is 1. The van der Waals surface area contributed by atoms with Crippen molar-refractivity contribution < 1.29 is 4.79 Å². The van der Waals surface area contributed by atoms with Crippen LogP contribution in [0, 0.1) is 13.8 Å². The molecule has 2 heterocycles. The first-order valence-corrected chi connectivity index (χ1v) is 13.1. The topological polar surface area (TPSA) is 59.8 Å². The summed E-state index contributed by atoms with van der Waals surface area (Å²) in [6.07, 6.45) is 2.80. The van der Waals surface area contributed by atoms with E-state index in [4.69, 9.17) is 0 Å². The van der Waals surface area contributed by atoms with Crippen LogP contribution in [-0.4, -0.2) is 26.4 Å². The van der Waals surface area contributed by atoms with Crippen LogP contribution >= 0.6 is 23.1 Å². The third-order valence-corrected chi connectivity index (χ3v) is 7.44. The number of anilines is 1. The first kappa shape index (κ1) is 24.0. The van der Waals surface area contributed by atoms with E-state index in [9.17, 15) is 4.79 Å². The number of benzene rings is 2. The molecule has 4 rings (SSSR count). The Labute approximate surface area is 208 Å². The highest BCUT2D eigenvalue weighted by molar-refractivity contribution is 7.99. The molecule has 0 aliphatic carbocycles. The summed E-state index contributed by atoms with van der Waals surface area (Å²) < 4.78 is 2.03. The molecule has 174 valence electrons. The number of allylic oxidation sites excluding steroid dienone is 1. The van der Waals surface area contributed by atoms with E-state index in [1.54, 1.807) is 11.3 Å². The predicted octanol–water partition coefficient (Wildman–Crippen LogP) is 6.77. The van der Waals surface area contributed by atoms with Crippen LogP contribution in [0.4, 0.5) is 5.69 Å². The molecule has 7 heteroatoms. The summed E-state index contributed by atoms with van der Waals surface area (Å²) in [5, 5.41) is 14.7. The monoisotopic (exact) mass is 488 g/mol. The van der Waals surface area contributed by atoms with Crippen LogP contribution in [0.2, 0.25) is 0 Å². The average Bonchev–Trinajstić information content (AvgIpc) is 3.42. The first-order valence-electron chi connectivity index (χ1n) is 11.2. The molecule has 2 aromatic heterocycles. The zero-order valence-corrected chi connectivity index (χ0v) is 21.3. The number of aromatic nitrogens is 3. The number of nitrogens with zero attached hydrogens (tertiary/aromatic N) is 3. The van der Waals surface area contributed by atoms with Gasteiger partial charge in [0, 0.05) is 33.6 Å². The number of aryl methyl sites for hydroxylation is 3. The molecule has 0 saturated heterocycles. The van der Waals surface area contributed by atoms with Gasteiger partial charge in [-0.05, 0) is 43.5 Å². The van der Waals surface area contributed by atoms with Gasteiger partial charge in [-0.3, -0.25) is 9.36 Å². The van der Waals surface area contributed by atoms with E-state index in [0.29, 0.717) is 11.7 Å². The molecule has 0 spiro atoms. The van der Waals surface area contributed by atoms with Gasteiger partial charge in [0.1, 0.15) is 0 Å². The van der Waals surface area contributed by atoms with Crippen LogP contribution in [-0.2, 0) is 17.8 Å². The lowest BCUT2D eigenvalue weighted by molar-refractivity contribution is -0.113. The van der Waals surface area contributed by atoms with Gasteiger partial charge < -0.3 is 5.32 Å². The van der Waals surface area contributed by atoms with Crippen molar-refractivity contribution in [3.05, 3.63) is 82.6 Å². The Hall–Kier alpha value is -3.16. The molecular formula is C27H28N4OS2. The lowest BCUT2D eigenvalue weighted by atomic mass is 10.0. The zero-order valence-electron chi connectivity index (χ0n) is 19.7. The molecule has 5 nitrogen and oxygen atoms in total. The third kappa shape index (κ3) is 5.32. The molecule has 1 N–H and O–H groups in total. The molecule has 2 aromatic carbocycles. The number of hydrogen-bond acceptors (Lipinski definition) is 5. The molecule has 0 bridgehead atoms. The van der Waals surface area contributed by atoms with Gasteiger partial charge in [0.25, 0.3) is 0 Å². The molecule has 0 atom stereocenters. The Morgan fingerprint density at radius 1 is 1.12 bits per heavy atom. The van der Waals surface area contributed by atoms with Crippen LogP contribution in [0.5, 0.6) is 0 Å². The number of thiophene rings is 1. The molecule has 0 radical (unpaired) electrons. The quantitative estimate of drug-likeness (QED) is 0.209. The van der Waals surface area contributed by atoms with Crippen molar-refractivity contribution in [1.82, 2.24) is 14.8 Å². The summed E-state index contributed by atoms with van der Waals surface area (Å²) in [5.41, 5.74) is 6.65. The van der Waals surface area contributed by atoms with Crippen LogP contribution in [0.25, 0.3) is 22.5 Å². The summed E-state index contributed by atoms with van der Waals surface area (Å²) >= 11 is 3.09. The maximum atomic E-state index is 12.5. The number of rotatable bonds is 9. The predicted molar refractivity (Wildman–Crippen MR) is 144 cm³/mol. The van der Waals surface area contributed by atoms with Crippen molar-refractivity contribution in [3.63, 3.8) is 0 Å². The van der Waals surface area contributed by atoms with Crippen molar-refractivity contribution >= 4 is 34.7 Å². The minimum atomic E-state index is -0.0735. The van der Waals surface area contributed by atoms with Crippen molar-refractivity contribution in [1.29, 1.82) is 0 Å². The van der Waals surface area contributed by atoms with E-state index in [-0.39, 0.29) is 11.7 Å². The molecule has 34 heavy (non-hydrogen) atoms. The first-order chi connectivity index (χ1) is 16.5. The number of amides is 1.